The van der Waals surface area contributed by atoms with Crippen molar-refractivity contribution in [2.45, 2.75) is 6.42 Å². The van der Waals surface area contributed by atoms with E-state index in [1.165, 1.54) is 0 Å². The number of methoxy groups -OCH3 is 1. The summed E-state index contributed by atoms with van der Waals surface area (Å²) >= 11 is 5.64. The topological polar surface area (TPSA) is 32.8 Å². The van der Waals surface area contributed by atoms with Gasteiger partial charge < -0.3 is 14.5 Å². The number of halogens is 2. The van der Waals surface area contributed by atoms with Crippen LogP contribution in [0.2, 0.25) is 0 Å². The molecule has 0 spiro atoms. The minimum atomic E-state index is 0.0662. The van der Waals surface area contributed by atoms with Gasteiger partial charge >= 0.3 is 0 Å². The number of ether oxygens (including phenoxy) is 1. The number of rotatable bonds is 8. The summed E-state index contributed by atoms with van der Waals surface area (Å²) in [4.78, 5) is 16.7. The van der Waals surface area contributed by atoms with E-state index in [-0.39, 0.29) is 5.91 Å². The summed E-state index contributed by atoms with van der Waals surface area (Å²) in [6.45, 7) is 2.87. The molecule has 0 N–H and O–H groups in total. The van der Waals surface area contributed by atoms with Crippen molar-refractivity contribution >= 4 is 44.4 Å². The first-order valence-electron chi connectivity index (χ1n) is 6.83. The molecule has 0 unspecified atom stereocenters. The van der Waals surface area contributed by atoms with Crippen LogP contribution in [0.3, 0.4) is 0 Å². The summed E-state index contributed by atoms with van der Waals surface area (Å²) in [5, 5.41) is 0. The lowest BCUT2D eigenvalue weighted by Crippen LogP contribution is -2.36. The van der Waals surface area contributed by atoms with Gasteiger partial charge in [-0.25, -0.2) is 0 Å². The molecule has 21 heavy (non-hydrogen) atoms. The fourth-order valence-electron chi connectivity index (χ4n) is 1.93. The van der Waals surface area contributed by atoms with Crippen LogP contribution in [0.15, 0.2) is 22.7 Å². The lowest BCUT2D eigenvalue weighted by Gasteiger charge is -2.24. The van der Waals surface area contributed by atoms with Crippen molar-refractivity contribution in [1.82, 2.24) is 9.80 Å². The van der Waals surface area contributed by atoms with Gasteiger partial charge in [-0.1, -0.05) is 15.9 Å². The number of amides is 1. The number of carbonyl (C=O) groups is 1. The van der Waals surface area contributed by atoms with Crippen molar-refractivity contribution in [2.75, 3.05) is 47.4 Å². The average molecular weight is 469 g/mol. The van der Waals surface area contributed by atoms with Crippen LogP contribution in [0.25, 0.3) is 0 Å². The van der Waals surface area contributed by atoms with Crippen LogP contribution >= 0.6 is 38.5 Å². The number of carbonyl (C=O) groups excluding carboxylic acids is 1. The Kier molecular flexibility index (Phi) is 8.77. The van der Waals surface area contributed by atoms with Gasteiger partial charge in [0.15, 0.2) is 0 Å². The molecule has 0 fully saturated rings. The quantitative estimate of drug-likeness (QED) is 0.549. The van der Waals surface area contributed by atoms with Gasteiger partial charge in [0, 0.05) is 28.2 Å². The first kappa shape index (κ1) is 18.9. The van der Waals surface area contributed by atoms with E-state index in [1.807, 2.05) is 37.2 Å². The Labute approximate surface area is 149 Å². The van der Waals surface area contributed by atoms with Gasteiger partial charge in [0.25, 0.3) is 5.91 Å². The molecular weight excluding hydrogens is 447 g/mol. The highest BCUT2D eigenvalue weighted by atomic mass is 127. The van der Waals surface area contributed by atoms with E-state index in [0.29, 0.717) is 13.2 Å². The van der Waals surface area contributed by atoms with E-state index in [0.717, 1.165) is 33.1 Å². The minimum absolute atomic E-state index is 0.0662. The van der Waals surface area contributed by atoms with E-state index < -0.39 is 0 Å². The highest BCUT2D eigenvalue weighted by molar-refractivity contribution is 14.1. The van der Waals surface area contributed by atoms with Gasteiger partial charge in [-0.3, -0.25) is 4.79 Å². The summed E-state index contributed by atoms with van der Waals surface area (Å²) in [7, 11) is 5.74. The maximum Gasteiger partial charge on any atom is 0.255 e. The standard InChI is InChI=1S/C15H22BrIN2O2/c1-18(2)7-4-8-19(9-10-21-3)15(20)13-11-12(16)5-6-14(13)17/h5-6,11H,4,7-10H2,1-3H3. The molecular formula is C15H22BrIN2O2. The first-order valence-corrected chi connectivity index (χ1v) is 8.71. The third kappa shape index (κ3) is 6.63. The Bertz CT molecular complexity index is 469. The lowest BCUT2D eigenvalue weighted by atomic mass is 10.2. The number of hydrogen-bond donors (Lipinski definition) is 0. The lowest BCUT2D eigenvalue weighted by molar-refractivity contribution is 0.0688. The van der Waals surface area contributed by atoms with E-state index in [9.17, 15) is 4.79 Å². The summed E-state index contributed by atoms with van der Waals surface area (Å²) in [6.07, 6.45) is 0.951. The molecule has 118 valence electrons. The molecule has 0 bridgehead atoms. The monoisotopic (exact) mass is 468 g/mol. The second-order valence-electron chi connectivity index (χ2n) is 5.07. The maximum absolute atomic E-state index is 12.7. The van der Waals surface area contributed by atoms with E-state index in [1.54, 1.807) is 7.11 Å². The molecule has 1 amide bonds. The molecule has 1 aromatic carbocycles. The van der Waals surface area contributed by atoms with Crippen LogP contribution in [0.5, 0.6) is 0 Å². The van der Waals surface area contributed by atoms with Crippen LogP contribution in [-0.2, 0) is 4.74 Å². The predicted octanol–water partition coefficient (Wildman–Crippen LogP) is 3.09. The minimum Gasteiger partial charge on any atom is -0.383 e. The molecule has 0 saturated carbocycles. The number of hydrogen-bond acceptors (Lipinski definition) is 3. The second kappa shape index (κ2) is 9.76. The molecule has 0 saturated heterocycles. The van der Waals surface area contributed by atoms with Gasteiger partial charge in [-0.05, 0) is 67.9 Å². The maximum atomic E-state index is 12.7. The van der Waals surface area contributed by atoms with Crippen molar-refractivity contribution in [3.8, 4) is 0 Å². The van der Waals surface area contributed by atoms with Crippen LogP contribution in [0, 0.1) is 3.57 Å². The normalized spacial score (nSPS) is 11.0. The molecule has 0 aromatic heterocycles. The zero-order chi connectivity index (χ0) is 15.8. The zero-order valence-electron chi connectivity index (χ0n) is 12.7. The van der Waals surface area contributed by atoms with E-state index in [4.69, 9.17) is 4.74 Å². The summed E-state index contributed by atoms with van der Waals surface area (Å²) in [5.74, 6) is 0.0662. The molecule has 0 aliphatic carbocycles. The van der Waals surface area contributed by atoms with Gasteiger partial charge in [0.05, 0.1) is 12.2 Å². The fourth-order valence-corrected chi connectivity index (χ4v) is 2.85. The zero-order valence-corrected chi connectivity index (χ0v) is 16.5. The highest BCUT2D eigenvalue weighted by Crippen LogP contribution is 2.20. The Morgan fingerprint density at radius 2 is 2.00 bits per heavy atom. The highest BCUT2D eigenvalue weighted by Gasteiger charge is 2.18. The summed E-state index contributed by atoms with van der Waals surface area (Å²) in [5.41, 5.74) is 0.742. The predicted molar refractivity (Wildman–Crippen MR) is 97.8 cm³/mol. The Morgan fingerprint density at radius 1 is 1.29 bits per heavy atom. The molecule has 1 rings (SSSR count). The van der Waals surface area contributed by atoms with Gasteiger partial charge in [-0.15, -0.1) is 0 Å². The average Bonchev–Trinajstić information content (AvgIpc) is 2.44. The molecule has 0 aliphatic rings. The van der Waals surface area contributed by atoms with Gasteiger partial charge in [0.1, 0.15) is 0 Å². The summed E-state index contributed by atoms with van der Waals surface area (Å²) < 4.78 is 7.02. The van der Waals surface area contributed by atoms with Crippen LogP contribution in [-0.4, -0.2) is 63.2 Å². The SMILES string of the molecule is COCCN(CCCN(C)C)C(=O)c1cc(Br)ccc1I. The number of benzene rings is 1. The van der Waals surface area contributed by atoms with Crippen LogP contribution < -0.4 is 0 Å². The molecule has 4 nitrogen and oxygen atoms in total. The Hall–Kier alpha value is -0.180. The van der Waals surface area contributed by atoms with Crippen molar-refractivity contribution in [1.29, 1.82) is 0 Å². The smallest absolute Gasteiger partial charge is 0.255 e. The van der Waals surface area contributed by atoms with E-state index in [2.05, 4.69) is 43.4 Å². The molecule has 0 aliphatic heterocycles. The molecule has 0 radical (unpaired) electrons. The van der Waals surface area contributed by atoms with Crippen LogP contribution in [0.4, 0.5) is 0 Å². The van der Waals surface area contributed by atoms with E-state index >= 15 is 0 Å². The molecule has 1 aromatic rings. The number of nitrogens with zero attached hydrogens (tertiary/aromatic N) is 2. The molecule has 0 heterocycles. The third-order valence-electron chi connectivity index (χ3n) is 3.04. The van der Waals surface area contributed by atoms with Gasteiger partial charge in [0.2, 0.25) is 0 Å². The Balaban J connectivity index is 2.80. The summed E-state index contributed by atoms with van der Waals surface area (Å²) in [6, 6.07) is 5.78. The first-order chi connectivity index (χ1) is 9.95. The van der Waals surface area contributed by atoms with Crippen LogP contribution in [0.1, 0.15) is 16.8 Å². The molecule has 0 atom stereocenters. The fraction of sp³-hybridized carbons (Fsp3) is 0.533. The van der Waals surface area contributed by atoms with Crippen molar-refractivity contribution in [2.24, 2.45) is 0 Å². The van der Waals surface area contributed by atoms with Crippen molar-refractivity contribution in [3.05, 3.63) is 31.8 Å². The Morgan fingerprint density at radius 3 is 2.62 bits per heavy atom. The third-order valence-corrected chi connectivity index (χ3v) is 4.48. The van der Waals surface area contributed by atoms with Gasteiger partial charge in [-0.2, -0.15) is 0 Å². The van der Waals surface area contributed by atoms with Crippen molar-refractivity contribution in [3.63, 3.8) is 0 Å². The van der Waals surface area contributed by atoms with Crippen molar-refractivity contribution < 1.29 is 9.53 Å². The largest absolute Gasteiger partial charge is 0.383 e. The second-order valence-corrected chi connectivity index (χ2v) is 7.14. The molecule has 6 heteroatoms.